The van der Waals surface area contributed by atoms with Crippen molar-refractivity contribution < 1.29 is 14.4 Å². The van der Waals surface area contributed by atoms with Crippen LogP contribution in [0.5, 0.6) is 0 Å². The van der Waals surface area contributed by atoms with E-state index in [0.29, 0.717) is 24.3 Å². The number of para-hydroxylation sites is 1. The number of hydrogen-bond donors (Lipinski definition) is 2. The number of amides is 3. The minimum Gasteiger partial charge on any atom is -0.352 e. The molecule has 0 aromatic heterocycles. The summed E-state index contributed by atoms with van der Waals surface area (Å²) in [6.45, 7) is 4.98. The number of carbonyl (C=O) groups excluding carboxylic acids is 3. The molecule has 3 rings (SSSR count). The predicted octanol–water partition coefficient (Wildman–Crippen LogP) is 3.52. The van der Waals surface area contributed by atoms with Gasteiger partial charge in [-0.05, 0) is 37.6 Å². The SMILES string of the molecule is CCCCNC(=O)c1ccccc1NC(=O)C1CC(=O)N(c2ccc(C)cc2)C1. The lowest BCUT2D eigenvalue weighted by molar-refractivity contribution is -0.122. The van der Waals surface area contributed by atoms with Crippen LogP contribution in [0.3, 0.4) is 0 Å². The Hall–Kier alpha value is -3.15. The van der Waals surface area contributed by atoms with Gasteiger partial charge < -0.3 is 15.5 Å². The van der Waals surface area contributed by atoms with Crippen molar-refractivity contribution >= 4 is 29.1 Å². The van der Waals surface area contributed by atoms with E-state index < -0.39 is 5.92 Å². The third-order valence-corrected chi connectivity index (χ3v) is 5.09. The molecule has 1 saturated heterocycles. The Morgan fingerprint density at radius 2 is 1.83 bits per heavy atom. The Bertz CT molecular complexity index is 892. The molecule has 1 unspecified atom stereocenters. The average molecular weight is 393 g/mol. The molecule has 6 nitrogen and oxygen atoms in total. The zero-order valence-corrected chi connectivity index (χ0v) is 16.9. The van der Waals surface area contributed by atoms with E-state index in [2.05, 4.69) is 17.6 Å². The second-order valence-corrected chi connectivity index (χ2v) is 7.39. The van der Waals surface area contributed by atoms with Gasteiger partial charge in [0.1, 0.15) is 0 Å². The molecule has 0 bridgehead atoms. The van der Waals surface area contributed by atoms with Crippen molar-refractivity contribution in [2.45, 2.75) is 33.1 Å². The zero-order valence-electron chi connectivity index (χ0n) is 16.9. The van der Waals surface area contributed by atoms with E-state index in [4.69, 9.17) is 0 Å². The highest BCUT2D eigenvalue weighted by molar-refractivity contribution is 6.07. The van der Waals surface area contributed by atoms with Crippen LogP contribution in [0.2, 0.25) is 0 Å². The van der Waals surface area contributed by atoms with E-state index >= 15 is 0 Å². The molecule has 29 heavy (non-hydrogen) atoms. The molecule has 0 saturated carbocycles. The molecule has 0 radical (unpaired) electrons. The molecule has 152 valence electrons. The van der Waals surface area contributed by atoms with E-state index in [-0.39, 0.29) is 24.1 Å². The van der Waals surface area contributed by atoms with Crippen molar-refractivity contribution in [2.24, 2.45) is 5.92 Å². The minimum absolute atomic E-state index is 0.0698. The highest BCUT2D eigenvalue weighted by Gasteiger charge is 2.35. The van der Waals surface area contributed by atoms with Gasteiger partial charge in [0, 0.05) is 25.2 Å². The third kappa shape index (κ3) is 5.02. The van der Waals surface area contributed by atoms with Crippen molar-refractivity contribution in [1.82, 2.24) is 5.32 Å². The van der Waals surface area contributed by atoms with E-state index in [9.17, 15) is 14.4 Å². The lowest BCUT2D eigenvalue weighted by Crippen LogP contribution is -2.29. The van der Waals surface area contributed by atoms with Gasteiger partial charge in [-0.1, -0.05) is 43.2 Å². The van der Waals surface area contributed by atoms with Crippen LogP contribution in [-0.4, -0.2) is 30.8 Å². The standard InChI is InChI=1S/C23H27N3O3/c1-3-4-13-24-23(29)19-7-5-6-8-20(19)25-22(28)17-14-21(27)26(15-17)18-11-9-16(2)10-12-18/h5-12,17H,3-4,13-15H2,1-2H3,(H,24,29)(H,25,28). The highest BCUT2D eigenvalue weighted by atomic mass is 16.2. The molecule has 1 fully saturated rings. The minimum atomic E-state index is -0.458. The molecule has 1 atom stereocenters. The summed E-state index contributed by atoms with van der Waals surface area (Å²) in [5.74, 6) is -0.987. The number of nitrogens with one attached hydrogen (secondary N) is 2. The van der Waals surface area contributed by atoms with Gasteiger partial charge >= 0.3 is 0 Å². The monoisotopic (exact) mass is 393 g/mol. The van der Waals surface area contributed by atoms with Crippen LogP contribution in [-0.2, 0) is 9.59 Å². The largest absolute Gasteiger partial charge is 0.352 e. The van der Waals surface area contributed by atoms with Crippen molar-refractivity contribution in [3.8, 4) is 0 Å². The van der Waals surface area contributed by atoms with Crippen LogP contribution in [0, 0.1) is 12.8 Å². The fraction of sp³-hybridized carbons (Fsp3) is 0.348. The van der Waals surface area contributed by atoms with Crippen molar-refractivity contribution in [1.29, 1.82) is 0 Å². The molecular formula is C23H27N3O3. The predicted molar refractivity (Wildman–Crippen MR) is 114 cm³/mol. The third-order valence-electron chi connectivity index (χ3n) is 5.09. The molecule has 2 aromatic rings. The van der Waals surface area contributed by atoms with Gasteiger partial charge in [-0.3, -0.25) is 14.4 Å². The Morgan fingerprint density at radius 1 is 1.10 bits per heavy atom. The molecule has 1 heterocycles. The maximum atomic E-state index is 12.8. The molecule has 1 aliphatic rings. The molecule has 6 heteroatoms. The average Bonchev–Trinajstić information content (AvgIpc) is 3.11. The van der Waals surface area contributed by atoms with Crippen LogP contribution in [0.1, 0.15) is 42.1 Å². The first-order chi connectivity index (χ1) is 14.0. The van der Waals surface area contributed by atoms with Crippen LogP contribution in [0.25, 0.3) is 0 Å². The van der Waals surface area contributed by atoms with E-state index in [0.717, 1.165) is 24.1 Å². The Kier molecular flexibility index (Phi) is 6.65. The Morgan fingerprint density at radius 3 is 2.55 bits per heavy atom. The number of aryl methyl sites for hydroxylation is 1. The summed E-state index contributed by atoms with van der Waals surface area (Å²) in [4.78, 5) is 39.3. The van der Waals surface area contributed by atoms with Crippen LogP contribution in [0.4, 0.5) is 11.4 Å². The Labute approximate surface area is 171 Å². The summed E-state index contributed by atoms with van der Waals surface area (Å²) in [6.07, 6.45) is 2.05. The molecule has 2 aromatic carbocycles. The summed E-state index contributed by atoms with van der Waals surface area (Å²) < 4.78 is 0. The lowest BCUT2D eigenvalue weighted by atomic mass is 10.1. The molecule has 0 spiro atoms. The van der Waals surface area contributed by atoms with Crippen LogP contribution in [0.15, 0.2) is 48.5 Å². The Balaban J connectivity index is 1.67. The quantitative estimate of drug-likeness (QED) is 0.707. The van der Waals surface area contributed by atoms with Gasteiger partial charge in [0.15, 0.2) is 0 Å². The fourth-order valence-corrected chi connectivity index (χ4v) is 3.36. The molecule has 2 N–H and O–H groups in total. The first kappa shape index (κ1) is 20.6. The van der Waals surface area contributed by atoms with Crippen LogP contribution >= 0.6 is 0 Å². The first-order valence-corrected chi connectivity index (χ1v) is 10.0. The van der Waals surface area contributed by atoms with Gasteiger partial charge in [0.2, 0.25) is 11.8 Å². The first-order valence-electron chi connectivity index (χ1n) is 10.0. The second-order valence-electron chi connectivity index (χ2n) is 7.39. The molecule has 0 aliphatic carbocycles. The lowest BCUT2D eigenvalue weighted by Gasteiger charge is -2.17. The molecule has 3 amide bonds. The summed E-state index contributed by atoms with van der Waals surface area (Å²) >= 11 is 0. The number of nitrogens with zero attached hydrogens (tertiary/aromatic N) is 1. The topological polar surface area (TPSA) is 78.5 Å². The smallest absolute Gasteiger partial charge is 0.253 e. The molecular weight excluding hydrogens is 366 g/mol. The van der Waals surface area contributed by atoms with E-state index in [1.807, 2.05) is 31.2 Å². The summed E-state index contributed by atoms with van der Waals surface area (Å²) in [7, 11) is 0. The zero-order chi connectivity index (χ0) is 20.8. The van der Waals surface area contributed by atoms with Gasteiger partial charge in [-0.2, -0.15) is 0 Å². The van der Waals surface area contributed by atoms with Crippen LogP contribution < -0.4 is 15.5 Å². The number of hydrogen-bond acceptors (Lipinski definition) is 3. The maximum Gasteiger partial charge on any atom is 0.253 e. The highest BCUT2D eigenvalue weighted by Crippen LogP contribution is 2.27. The van der Waals surface area contributed by atoms with Gasteiger partial charge in [-0.25, -0.2) is 0 Å². The second kappa shape index (κ2) is 9.37. The summed E-state index contributed by atoms with van der Waals surface area (Å²) in [5.41, 5.74) is 2.81. The van der Waals surface area contributed by atoms with Crippen molar-refractivity contribution in [3.63, 3.8) is 0 Å². The maximum absolute atomic E-state index is 12.8. The van der Waals surface area contributed by atoms with Crippen molar-refractivity contribution in [3.05, 3.63) is 59.7 Å². The summed E-state index contributed by atoms with van der Waals surface area (Å²) in [5, 5.41) is 5.72. The number of anilines is 2. The van der Waals surface area contributed by atoms with Crippen molar-refractivity contribution in [2.75, 3.05) is 23.3 Å². The number of carbonyl (C=O) groups is 3. The van der Waals surface area contributed by atoms with Gasteiger partial charge in [-0.15, -0.1) is 0 Å². The normalized spacial score (nSPS) is 16.0. The number of rotatable bonds is 7. The number of unbranched alkanes of at least 4 members (excludes halogenated alkanes) is 1. The molecule has 1 aliphatic heterocycles. The van der Waals surface area contributed by atoms with Gasteiger partial charge in [0.05, 0.1) is 17.2 Å². The number of benzene rings is 2. The van der Waals surface area contributed by atoms with E-state index in [1.54, 1.807) is 29.2 Å². The summed E-state index contributed by atoms with van der Waals surface area (Å²) in [6, 6.07) is 14.6. The van der Waals surface area contributed by atoms with E-state index in [1.165, 1.54) is 0 Å². The fourth-order valence-electron chi connectivity index (χ4n) is 3.36. The van der Waals surface area contributed by atoms with Gasteiger partial charge in [0.25, 0.3) is 5.91 Å².